The van der Waals surface area contributed by atoms with Crippen LogP contribution in [0.4, 0.5) is 0 Å². The molecule has 0 radical (unpaired) electrons. The number of rotatable bonds is 4. The molecule has 2 N–H and O–H groups in total. The van der Waals surface area contributed by atoms with E-state index in [0.717, 1.165) is 21.0 Å². The molecule has 0 aliphatic heterocycles. The van der Waals surface area contributed by atoms with E-state index in [4.69, 9.17) is 28.9 Å². The van der Waals surface area contributed by atoms with Crippen LogP contribution in [-0.2, 0) is 0 Å². The van der Waals surface area contributed by atoms with Crippen LogP contribution < -0.4 is 5.73 Å². The van der Waals surface area contributed by atoms with Crippen molar-refractivity contribution >= 4 is 40.4 Å². The molecule has 4 nitrogen and oxygen atoms in total. The second-order valence-corrected chi connectivity index (χ2v) is 8.15. The number of primary amides is 1. The van der Waals surface area contributed by atoms with Crippen LogP contribution >= 0.6 is 34.5 Å². The van der Waals surface area contributed by atoms with Crippen molar-refractivity contribution < 1.29 is 4.79 Å². The lowest BCUT2D eigenvalue weighted by atomic mass is 10.1. The zero-order valence-electron chi connectivity index (χ0n) is 14.8. The third kappa shape index (κ3) is 3.33. The van der Waals surface area contributed by atoms with E-state index in [1.165, 1.54) is 0 Å². The van der Waals surface area contributed by atoms with Crippen LogP contribution in [0.3, 0.4) is 0 Å². The summed E-state index contributed by atoms with van der Waals surface area (Å²) in [5.41, 5.74) is 9.01. The van der Waals surface area contributed by atoms with Gasteiger partial charge in [0.15, 0.2) is 5.69 Å². The first-order valence-corrected chi connectivity index (χ1v) is 10.0. The molecule has 2 aromatic heterocycles. The number of thiophene rings is 1. The van der Waals surface area contributed by atoms with Crippen molar-refractivity contribution in [2.75, 3.05) is 0 Å². The van der Waals surface area contributed by atoms with Crippen molar-refractivity contribution in [3.05, 3.63) is 82.0 Å². The summed E-state index contributed by atoms with van der Waals surface area (Å²) in [6.45, 7) is 1.84. The molecule has 140 valence electrons. The summed E-state index contributed by atoms with van der Waals surface area (Å²) in [6, 6.07) is 19.3. The Bertz CT molecular complexity index is 1180. The van der Waals surface area contributed by atoms with E-state index in [-0.39, 0.29) is 5.69 Å². The van der Waals surface area contributed by atoms with E-state index < -0.39 is 5.91 Å². The van der Waals surface area contributed by atoms with E-state index in [0.29, 0.717) is 21.3 Å². The van der Waals surface area contributed by atoms with Crippen LogP contribution in [0, 0.1) is 6.92 Å². The van der Waals surface area contributed by atoms with Crippen LogP contribution in [0.2, 0.25) is 10.0 Å². The van der Waals surface area contributed by atoms with Crippen molar-refractivity contribution in [1.82, 2.24) is 9.78 Å². The summed E-state index contributed by atoms with van der Waals surface area (Å²) < 4.78 is 1.66. The summed E-state index contributed by atoms with van der Waals surface area (Å²) >= 11 is 14.1. The Hall–Kier alpha value is -2.60. The quantitative estimate of drug-likeness (QED) is 0.435. The van der Waals surface area contributed by atoms with E-state index >= 15 is 0 Å². The van der Waals surface area contributed by atoms with Crippen molar-refractivity contribution in [1.29, 1.82) is 0 Å². The number of amides is 1. The van der Waals surface area contributed by atoms with E-state index in [1.54, 1.807) is 34.2 Å². The van der Waals surface area contributed by atoms with Gasteiger partial charge >= 0.3 is 0 Å². The maximum Gasteiger partial charge on any atom is 0.269 e. The molecule has 2 heterocycles. The van der Waals surface area contributed by atoms with Crippen molar-refractivity contribution in [2.24, 2.45) is 5.73 Å². The summed E-state index contributed by atoms with van der Waals surface area (Å²) in [5.74, 6) is -0.581. The number of carbonyl (C=O) groups excluding carboxylic acids is 1. The molecule has 0 aliphatic rings. The first kappa shape index (κ1) is 18.7. The Morgan fingerprint density at radius 3 is 2.43 bits per heavy atom. The first-order valence-electron chi connectivity index (χ1n) is 8.46. The molecular weight excluding hydrogens is 413 g/mol. The van der Waals surface area contributed by atoms with E-state index in [2.05, 4.69) is 23.3 Å². The predicted molar refractivity (Wildman–Crippen MR) is 116 cm³/mol. The number of nitrogens with two attached hydrogens (primary N) is 1. The zero-order valence-corrected chi connectivity index (χ0v) is 17.1. The fourth-order valence-electron chi connectivity index (χ4n) is 3.07. The SMILES string of the molecule is Cc1c(C(N)=O)nn(-c2ccc(Cl)cc2Cl)c1-c1ccc(-c2ccccc2)s1. The smallest absolute Gasteiger partial charge is 0.269 e. The second kappa shape index (κ2) is 7.43. The predicted octanol–water partition coefficient (Wildman–Crippen LogP) is 5.98. The first-order chi connectivity index (χ1) is 13.5. The molecule has 0 spiro atoms. The number of carbonyl (C=O) groups is 1. The lowest BCUT2D eigenvalue weighted by Gasteiger charge is -2.09. The molecule has 7 heteroatoms. The van der Waals surface area contributed by atoms with E-state index in [1.807, 2.05) is 31.2 Å². The van der Waals surface area contributed by atoms with Crippen LogP contribution in [0.5, 0.6) is 0 Å². The number of nitrogens with zero attached hydrogens (tertiary/aromatic N) is 2. The Balaban J connectivity index is 1.91. The highest BCUT2D eigenvalue weighted by Crippen LogP contribution is 2.38. The van der Waals surface area contributed by atoms with E-state index in [9.17, 15) is 4.79 Å². The fraction of sp³-hybridized carbons (Fsp3) is 0.0476. The molecule has 0 unspecified atom stereocenters. The minimum absolute atomic E-state index is 0.218. The molecule has 0 aliphatic carbocycles. The Morgan fingerprint density at radius 1 is 1.04 bits per heavy atom. The van der Waals surface area contributed by atoms with Crippen LogP contribution in [-0.4, -0.2) is 15.7 Å². The average Bonchev–Trinajstić information content (AvgIpc) is 3.27. The monoisotopic (exact) mass is 427 g/mol. The van der Waals surface area contributed by atoms with Gasteiger partial charge in [0.25, 0.3) is 5.91 Å². The molecule has 4 rings (SSSR count). The molecule has 28 heavy (non-hydrogen) atoms. The number of hydrogen-bond acceptors (Lipinski definition) is 3. The topological polar surface area (TPSA) is 60.9 Å². The Kier molecular flexibility index (Phi) is 4.98. The van der Waals surface area contributed by atoms with Crippen LogP contribution in [0.1, 0.15) is 16.1 Å². The molecule has 1 amide bonds. The minimum Gasteiger partial charge on any atom is -0.364 e. The Morgan fingerprint density at radius 2 is 1.75 bits per heavy atom. The molecule has 0 fully saturated rings. The molecule has 0 bridgehead atoms. The van der Waals surface area contributed by atoms with Gasteiger partial charge in [0, 0.05) is 15.5 Å². The molecule has 4 aromatic rings. The van der Waals surface area contributed by atoms with Gasteiger partial charge in [-0.05, 0) is 42.8 Å². The lowest BCUT2D eigenvalue weighted by Crippen LogP contribution is -2.13. The summed E-state index contributed by atoms with van der Waals surface area (Å²) in [7, 11) is 0. The number of aromatic nitrogens is 2. The normalized spacial score (nSPS) is 11.0. The van der Waals surface area contributed by atoms with Gasteiger partial charge in [0.05, 0.1) is 21.3 Å². The maximum absolute atomic E-state index is 11.9. The highest BCUT2D eigenvalue weighted by molar-refractivity contribution is 7.18. The number of hydrogen-bond donors (Lipinski definition) is 1. The summed E-state index contributed by atoms with van der Waals surface area (Å²) in [5, 5.41) is 5.41. The van der Waals surface area contributed by atoms with Gasteiger partial charge in [-0.15, -0.1) is 11.3 Å². The average molecular weight is 428 g/mol. The van der Waals surface area contributed by atoms with Gasteiger partial charge in [-0.25, -0.2) is 4.68 Å². The van der Waals surface area contributed by atoms with Gasteiger partial charge in [-0.2, -0.15) is 5.10 Å². The summed E-state index contributed by atoms with van der Waals surface area (Å²) in [4.78, 5) is 14.0. The molecular formula is C21H15Cl2N3OS. The zero-order chi connectivity index (χ0) is 19.8. The standard InChI is InChI=1S/C21H15Cl2N3OS/c1-12-19(21(24)27)25-26(16-8-7-14(22)11-15(16)23)20(12)18-10-9-17(28-18)13-5-3-2-4-6-13/h2-11H,1H3,(H2,24,27). The van der Waals surface area contributed by atoms with Gasteiger partial charge < -0.3 is 5.73 Å². The lowest BCUT2D eigenvalue weighted by molar-refractivity contribution is 0.0994. The summed E-state index contributed by atoms with van der Waals surface area (Å²) in [6.07, 6.45) is 0. The Labute approximate surface area is 176 Å². The maximum atomic E-state index is 11.9. The third-order valence-electron chi connectivity index (χ3n) is 4.39. The largest absolute Gasteiger partial charge is 0.364 e. The van der Waals surface area contributed by atoms with Crippen LogP contribution in [0.15, 0.2) is 60.7 Å². The van der Waals surface area contributed by atoms with Crippen LogP contribution in [0.25, 0.3) is 26.7 Å². The molecule has 0 saturated heterocycles. The molecule has 0 saturated carbocycles. The van der Waals surface area contributed by atoms with Crippen molar-refractivity contribution in [2.45, 2.75) is 6.92 Å². The van der Waals surface area contributed by atoms with Gasteiger partial charge in [0.2, 0.25) is 0 Å². The third-order valence-corrected chi connectivity index (χ3v) is 6.07. The minimum atomic E-state index is -0.581. The highest BCUT2D eigenvalue weighted by atomic mass is 35.5. The fourth-order valence-corrected chi connectivity index (χ4v) is 4.66. The van der Waals surface area contributed by atoms with Gasteiger partial charge in [-0.1, -0.05) is 53.5 Å². The van der Waals surface area contributed by atoms with Crippen molar-refractivity contribution in [3.63, 3.8) is 0 Å². The highest BCUT2D eigenvalue weighted by Gasteiger charge is 2.23. The van der Waals surface area contributed by atoms with Crippen molar-refractivity contribution in [3.8, 4) is 26.7 Å². The molecule has 2 aromatic carbocycles. The second-order valence-electron chi connectivity index (χ2n) is 6.22. The van der Waals surface area contributed by atoms with Gasteiger partial charge in [0.1, 0.15) is 0 Å². The van der Waals surface area contributed by atoms with Gasteiger partial charge in [-0.3, -0.25) is 4.79 Å². The number of benzene rings is 2. The number of halogens is 2. The molecule has 0 atom stereocenters.